The molecule has 1 aromatic carbocycles. The first-order valence-electron chi connectivity index (χ1n) is 7.61. The fourth-order valence-electron chi connectivity index (χ4n) is 3.25. The van der Waals surface area contributed by atoms with E-state index in [1.807, 2.05) is 13.0 Å². The maximum Gasteiger partial charge on any atom is 0.241 e. The van der Waals surface area contributed by atoms with E-state index in [1.54, 1.807) is 18.2 Å². The summed E-state index contributed by atoms with van der Waals surface area (Å²) in [6, 6.07) is 9.81. The summed E-state index contributed by atoms with van der Waals surface area (Å²) >= 11 is 0. The van der Waals surface area contributed by atoms with Gasteiger partial charge >= 0.3 is 0 Å². The normalized spacial score (nSPS) is 24.1. The SMILES string of the molecule is CC1CCCC(C)N1C(C)C(=O)Nc1cccc(C#N)c1. The summed E-state index contributed by atoms with van der Waals surface area (Å²) in [5.41, 5.74) is 1.24. The Morgan fingerprint density at radius 1 is 1.38 bits per heavy atom. The lowest BCUT2D eigenvalue weighted by atomic mass is 9.95. The number of anilines is 1. The number of carbonyl (C=O) groups excluding carboxylic acids is 1. The molecule has 1 amide bonds. The first kappa shape index (κ1) is 15.5. The molecule has 3 unspecified atom stereocenters. The van der Waals surface area contributed by atoms with Crippen LogP contribution in [0.4, 0.5) is 5.69 Å². The highest BCUT2D eigenvalue weighted by Gasteiger charge is 2.32. The first-order valence-corrected chi connectivity index (χ1v) is 7.61. The standard InChI is InChI=1S/C17H23N3O/c1-12-6-4-7-13(2)20(12)14(3)17(21)19-16-9-5-8-15(10-16)11-18/h5,8-10,12-14H,4,6-7H2,1-3H3,(H,19,21). The lowest BCUT2D eigenvalue weighted by Crippen LogP contribution is -2.53. The molecular weight excluding hydrogens is 262 g/mol. The van der Waals surface area contributed by atoms with Crippen LogP contribution in [0.5, 0.6) is 0 Å². The van der Waals surface area contributed by atoms with Crippen molar-refractivity contribution in [3.8, 4) is 6.07 Å². The lowest BCUT2D eigenvalue weighted by Gasteiger charge is -2.42. The number of likely N-dealkylation sites (tertiary alicyclic amines) is 1. The summed E-state index contributed by atoms with van der Waals surface area (Å²) in [6.45, 7) is 6.34. The van der Waals surface area contributed by atoms with Crippen LogP contribution in [0.3, 0.4) is 0 Å². The number of hydrogen-bond acceptors (Lipinski definition) is 3. The summed E-state index contributed by atoms with van der Waals surface area (Å²) in [7, 11) is 0. The highest BCUT2D eigenvalue weighted by atomic mass is 16.2. The van der Waals surface area contributed by atoms with Crippen molar-refractivity contribution in [2.24, 2.45) is 0 Å². The van der Waals surface area contributed by atoms with Gasteiger partial charge in [-0.3, -0.25) is 9.69 Å². The average Bonchev–Trinajstić information content (AvgIpc) is 2.47. The maximum atomic E-state index is 12.5. The molecule has 0 aromatic heterocycles. The molecule has 112 valence electrons. The van der Waals surface area contributed by atoms with Crippen molar-refractivity contribution < 1.29 is 4.79 Å². The highest BCUT2D eigenvalue weighted by molar-refractivity contribution is 5.94. The zero-order valence-electron chi connectivity index (χ0n) is 13.0. The molecule has 0 saturated carbocycles. The molecule has 4 heteroatoms. The Labute approximate surface area is 126 Å². The van der Waals surface area contributed by atoms with Crippen LogP contribution in [0.1, 0.15) is 45.6 Å². The molecule has 3 atom stereocenters. The van der Waals surface area contributed by atoms with E-state index in [1.165, 1.54) is 6.42 Å². The minimum atomic E-state index is -0.166. The molecule has 1 aliphatic heterocycles. The number of nitrogens with zero attached hydrogens (tertiary/aromatic N) is 2. The Kier molecular flexibility index (Phi) is 4.98. The van der Waals surface area contributed by atoms with E-state index >= 15 is 0 Å². The Morgan fingerprint density at radius 2 is 2.05 bits per heavy atom. The van der Waals surface area contributed by atoms with Crippen LogP contribution in [-0.2, 0) is 4.79 Å². The zero-order chi connectivity index (χ0) is 15.4. The third kappa shape index (κ3) is 3.62. The van der Waals surface area contributed by atoms with Gasteiger partial charge in [-0.25, -0.2) is 0 Å². The van der Waals surface area contributed by atoms with E-state index in [9.17, 15) is 4.79 Å². The molecule has 1 aliphatic rings. The van der Waals surface area contributed by atoms with Crippen molar-refractivity contribution in [1.82, 2.24) is 4.90 Å². The molecular formula is C17H23N3O. The van der Waals surface area contributed by atoms with E-state index in [-0.39, 0.29) is 11.9 Å². The van der Waals surface area contributed by atoms with Gasteiger partial charge in [0.25, 0.3) is 0 Å². The Balaban J connectivity index is 2.06. The van der Waals surface area contributed by atoms with Crippen molar-refractivity contribution in [3.63, 3.8) is 0 Å². The second-order valence-corrected chi connectivity index (χ2v) is 5.93. The summed E-state index contributed by atoms with van der Waals surface area (Å²) in [5, 5.41) is 11.8. The predicted octanol–water partition coefficient (Wildman–Crippen LogP) is 3.15. The summed E-state index contributed by atoms with van der Waals surface area (Å²) in [5.74, 6) is -0.00862. The minimum Gasteiger partial charge on any atom is -0.325 e. The molecule has 4 nitrogen and oxygen atoms in total. The van der Waals surface area contributed by atoms with Crippen molar-refractivity contribution in [3.05, 3.63) is 29.8 Å². The fourth-order valence-corrected chi connectivity index (χ4v) is 3.25. The molecule has 21 heavy (non-hydrogen) atoms. The maximum absolute atomic E-state index is 12.5. The van der Waals surface area contributed by atoms with Gasteiger partial charge in [0.15, 0.2) is 0 Å². The van der Waals surface area contributed by atoms with Gasteiger partial charge in [0.1, 0.15) is 0 Å². The number of piperidine rings is 1. The molecule has 0 aliphatic carbocycles. The molecule has 1 saturated heterocycles. The second kappa shape index (κ2) is 6.73. The van der Waals surface area contributed by atoms with E-state index in [4.69, 9.17) is 5.26 Å². The Bertz CT molecular complexity index is 539. The number of amides is 1. The minimum absolute atomic E-state index is 0.00862. The van der Waals surface area contributed by atoms with Gasteiger partial charge in [0.2, 0.25) is 5.91 Å². The van der Waals surface area contributed by atoms with Gasteiger partial charge in [-0.05, 0) is 51.8 Å². The van der Waals surface area contributed by atoms with Crippen LogP contribution in [-0.4, -0.2) is 28.9 Å². The second-order valence-electron chi connectivity index (χ2n) is 5.93. The van der Waals surface area contributed by atoms with Crippen molar-refractivity contribution in [1.29, 1.82) is 5.26 Å². The molecule has 1 heterocycles. The molecule has 1 N–H and O–H groups in total. The van der Waals surface area contributed by atoms with Gasteiger partial charge in [-0.1, -0.05) is 12.5 Å². The smallest absolute Gasteiger partial charge is 0.241 e. The number of benzene rings is 1. The number of rotatable bonds is 3. The molecule has 1 fully saturated rings. The molecule has 0 bridgehead atoms. The van der Waals surface area contributed by atoms with Crippen molar-refractivity contribution >= 4 is 11.6 Å². The van der Waals surface area contributed by atoms with Gasteiger partial charge in [-0.15, -0.1) is 0 Å². The number of nitriles is 1. The van der Waals surface area contributed by atoms with Crippen LogP contribution in [0.15, 0.2) is 24.3 Å². The molecule has 0 spiro atoms. The van der Waals surface area contributed by atoms with Gasteiger partial charge < -0.3 is 5.32 Å². The van der Waals surface area contributed by atoms with E-state index in [0.29, 0.717) is 23.3 Å². The van der Waals surface area contributed by atoms with Crippen LogP contribution < -0.4 is 5.32 Å². The van der Waals surface area contributed by atoms with E-state index in [0.717, 1.165) is 12.8 Å². The van der Waals surface area contributed by atoms with Gasteiger partial charge in [-0.2, -0.15) is 5.26 Å². The van der Waals surface area contributed by atoms with Crippen molar-refractivity contribution in [2.75, 3.05) is 5.32 Å². The van der Waals surface area contributed by atoms with Gasteiger partial charge in [0.05, 0.1) is 17.7 Å². The zero-order valence-corrected chi connectivity index (χ0v) is 13.0. The summed E-state index contributed by atoms with van der Waals surface area (Å²) in [4.78, 5) is 14.8. The Morgan fingerprint density at radius 3 is 2.67 bits per heavy atom. The third-order valence-corrected chi connectivity index (χ3v) is 4.35. The molecule has 1 aromatic rings. The van der Waals surface area contributed by atoms with E-state index in [2.05, 4.69) is 30.1 Å². The number of nitrogens with one attached hydrogen (secondary N) is 1. The molecule has 2 rings (SSSR count). The summed E-state index contributed by atoms with van der Waals surface area (Å²) in [6.07, 6.45) is 3.52. The largest absolute Gasteiger partial charge is 0.325 e. The number of hydrogen-bond donors (Lipinski definition) is 1. The van der Waals surface area contributed by atoms with Crippen LogP contribution in [0.2, 0.25) is 0 Å². The highest BCUT2D eigenvalue weighted by Crippen LogP contribution is 2.25. The summed E-state index contributed by atoms with van der Waals surface area (Å²) < 4.78 is 0. The van der Waals surface area contributed by atoms with Crippen LogP contribution >= 0.6 is 0 Å². The van der Waals surface area contributed by atoms with Crippen LogP contribution in [0.25, 0.3) is 0 Å². The first-order chi connectivity index (χ1) is 10.0. The molecule has 0 radical (unpaired) electrons. The third-order valence-electron chi connectivity index (χ3n) is 4.35. The fraction of sp³-hybridized carbons (Fsp3) is 0.529. The Hall–Kier alpha value is -1.86. The van der Waals surface area contributed by atoms with E-state index < -0.39 is 0 Å². The number of carbonyl (C=O) groups is 1. The average molecular weight is 285 g/mol. The quantitative estimate of drug-likeness (QED) is 0.928. The monoisotopic (exact) mass is 285 g/mol. The van der Waals surface area contributed by atoms with Crippen molar-refractivity contribution in [2.45, 2.75) is 58.2 Å². The van der Waals surface area contributed by atoms with Crippen LogP contribution in [0, 0.1) is 11.3 Å². The lowest BCUT2D eigenvalue weighted by molar-refractivity contribution is -0.123. The topological polar surface area (TPSA) is 56.1 Å². The predicted molar refractivity (Wildman–Crippen MR) is 83.9 cm³/mol. The van der Waals surface area contributed by atoms with Gasteiger partial charge in [0, 0.05) is 17.8 Å².